The molecule has 0 N–H and O–H groups in total. The van der Waals surface area contributed by atoms with Crippen LogP contribution < -0.4 is 9.47 Å². The summed E-state index contributed by atoms with van der Waals surface area (Å²) in [6.07, 6.45) is 11.6. The second-order valence-corrected chi connectivity index (χ2v) is 11.2. The molecule has 2 aliphatic heterocycles. The number of methoxy groups -OCH3 is 2. The van der Waals surface area contributed by atoms with Gasteiger partial charge < -0.3 is 18.9 Å². The van der Waals surface area contributed by atoms with Gasteiger partial charge in [-0.2, -0.15) is 0 Å². The van der Waals surface area contributed by atoms with E-state index in [4.69, 9.17) is 9.47 Å². The van der Waals surface area contributed by atoms with E-state index < -0.39 is 0 Å². The molecule has 2 saturated carbocycles. The molecule has 1 aromatic carbocycles. The first-order valence-corrected chi connectivity index (χ1v) is 13.7. The number of carbonyl (C=O) groups excluding carboxylic acids is 1. The molecule has 1 amide bonds. The van der Waals surface area contributed by atoms with Gasteiger partial charge in [0.05, 0.1) is 19.8 Å². The second kappa shape index (κ2) is 10.7. The molecule has 2 fully saturated rings. The SMILES string of the molecule is COc1cc(Cn2cc(OC)c3ncnc-3c2C)ccc1C(=O)N(C1CCCC1)C1CC(C)CC(C)C1. The summed E-state index contributed by atoms with van der Waals surface area (Å²) in [5.41, 5.74) is 4.34. The van der Waals surface area contributed by atoms with Crippen LogP contribution in [-0.4, -0.2) is 51.6 Å². The lowest BCUT2D eigenvalue weighted by Gasteiger charge is -2.42. The first-order chi connectivity index (χ1) is 17.9. The molecule has 5 rings (SSSR count). The number of benzene rings is 1. The molecule has 7 heteroatoms. The quantitative estimate of drug-likeness (QED) is 0.397. The van der Waals surface area contributed by atoms with Gasteiger partial charge in [0.25, 0.3) is 5.91 Å². The Hall–Kier alpha value is -3.09. The Morgan fingerprint density at radius 2 is 1.65 bits per heavy atom. The molecule has 198 valence electrons. The van der Waals surface area contributed by atoms with Crippen molar-refractivity contribution in [3.05, 3.63) is 47.5 Å². The summed E-state index contributed by atoms with van der Waals surface area (Å²) in [6, 6.07) is 6.66. The van der Waals surface area contributed by atoms with Crippen molar-refractivity contribution in [1.82, 2.24) is 19.4 Å². The fourth-order valence-electron chi connectivity index (χ4n) is 6.75. The summed E-state index contributed by atoms with van der Waals surface area (Å²) in [7, 11) is 3.31. The maximum Gasteiger partial charge on any atom is 0.258 e. The number of hydrogen-bond donors (Lipinski definition) is 0. The summed E-state index contributed by atoms with van der Waals surface area (Å²) in [5.74, 6) is 2.76. The molecule has 1 aromatic rings. The molecule has 4 aliphatic rings. The number of pyridine rings is 1. The van der Waals surface area contributed by atoms with Crippen LogP contribution in [0.25, 0.3) is 11.4 Å². The highest BCUT2D eigenvalue weighted by Gasteiger charge is 2.37. The lowest BCUT2D eigenvalue weighted by atomic mass is 9.79. The standard InChI is InChI=1S/C30H40N4O3/c1-19-12-20(2)14-24(13-19)34(23-8-6-7-9-23)30(35)25-11-10-22(15-26(25)36-4)16-33-17-27(37-5)29-28(21(33)3)31-18-32-29/h10-11,15,17-20,23-24H,6-9,12-14,16H2,1-5H3. The summed E-state index contributed by atoms with van der Waals surface area (Å²) in [4.78, 5) is 25.2. The fourth-order valence-corrected chi connectivity index (χ4v) is 6.75. The normalized spacial score (nSPS) is 22.4. The van der Waals surface area contributed by atoms with Crippen molar-refractivity contribution >= 4 is 5.91 Å². The Kier molecular flexibility index (Phi) is 7.40. The van der Waals surface area contributed by atoms with Crippen molar-refractivity contribution < 1.29 is 14.3 Å². The lowest BCUT2D eigenvalue weighted by molar-refractivity contribution is 0.0426. The molecular formula is C30H40N4O3. The first kappa shape index (κ1) is 25.6. The van der Waals surface area contributed by atoms with Crippen molar-refractivity contribution in [3.63, 3.8) is 0 Å². The number of nitrogens with zero attached hydrogens (tertiary/aromatic N) is 4. The number of amides is 1. The minimum absolute atomic E-state index is 0.126. The number of carbonyl (C=O) groups is 1. The monoisotopic (exact) mass is 504 g/mol. The number of hydrogen-bond acceptors (Lipinski definition) is 5. The molecule has 0 radical (unpaired) electrons. The van der Waals surface area contributed by atoms with E-state index in [0.717, 1.165) is 48.3 Å². The average Bonchev–Trinajstić information content (AvgIpc) is 3.58. The van der Waals surface area contributed by atoms with E-state index in [0.29, 0.717) is 47.5 Å². The lowest BCUT2D eigenvalue weighted by Crippen LogP contribution is -2.49. The van der Waals surface area contributed by atoms with Gasteiger partial charge in [0.1, 0.15) is 23.5 Å². The van der Waals surface area contributed by atoms with E-state index in [2.05, 4.69) is 39.3 Å². The van der Waals surface area contributed by atoms with Crippen LogP contribution in [0.2, 0.25) is 0 Å². The van der Waals surface area contributed by atoms with Gasteiger partial charge in [-0.25, -0.2) is 9.97 Å². The number of aromatic nitrogens is 3. The van der Waals surface area contributed by atoms with Gasteiger partial charge in [-0.3, -0.25) is 4.79 Å². The Bertz CT molecular complexity index is 1210. The number of rotatable bonds is 7. The highest BCUT2D eigenvalue weighted by molar-refractivity contribution is 5.97. The van der Waals surface area contributed by atoms with Gasteiger partial charge in [-0.1, -0.05) is 32.8 Å². The third-order valence-corrected chi connectivity index (χ3v) is 8.45. The molecular weight excluding hydrogens is 464 g/mol. The van der Waals surface area contributed by atoms with Crippen molar-refractivity contribution in [3.8, 4) is 22.9 Å². The van der Waals surface area contributed by atoms with E-state index in [9.17, 15) is 4.79 Å². The first-order valence-electron chi connectivity index (χ1n) is 13.7. The zero-order valence-electron chi connectivity index (χ0n) is 22.9. The smallest absolute Gasteiger partial charge is 0.258 e. The predicted octanol–water partition coefficient (Wildman–Crippen LogP) is 5.97. The third-order valence-electron chi connectivity index (χ3n) is 8.45. The van der Waals surface area contributed by atoms with Crippen LogP contribution in [0.3, 0.4) is 0 Å². The van der Waals surface area contributed by atoms with Crippen molar-refractivity contribution in [2.75, 3.05) is 14.2 Å². The summed E-state index contributed by atoms with van der Waals surface area (Å²) in [6.45, 7) is 7.32. The van der Waals surface area contributed by atoms with E-state index >= 15 is 0 Å². The number of fused-ring (bicyclic) bond motifs is 1. The number of ether oxygens (including phenoxy) is 2. The Labute approximate surface area is 220 Å². The Balaban J connectivity index is 1.45. The molecule has 7 nitrogen and oxygen atoms in total. The highest BCUT2D eigenvalue weighted by Crippen LogP contribution is 2.38. The predicted molar refractivity (Wildman–Crippen MR) is 144 cm³/mol. The van der Waals surface area contributed by atoms with Crippen molar-refractivity contribution in [2.24, 2.45) is 11.8 Å². The molecule has 0 spiro atoms. The molecule has 0 bridgehead atoms. The van der Waals surface area contributed by atoms with E-state index in [1.54, 1.807) is 20.5 Å². The Morgan fingerprint density at radius 3 is 2.32 bits per heavy atom. The van der Waals surface area contributed by atoms with Crippen LogP contribution in [0.15, 0.2) is 30.7 Å². The summed E-state index contributed by atoms with van der Waals surface area (Å²) < 4.78 is 13.5. The van der Waals surface area contributed by atoms with E-state index in [1.807, 2.05) is 25.3 Å². The Morgan fingerprint density at radius 1 is 0.973 bits per heavy atom. The van der Waals surface area contributed by atoms with Crippen LogP contribution in [0.4, 0.5) is 0 Å². The van der Waals surface area contributed by atoms with Crippen LogP contribution in [-0.2, 0) is 6.54 Å². The zero-order chi connectivity index (χ0) is 26.1. The van der Waals surface area contributed by atoms with Crippen molar-refractivity contribution in [1.29, 1.82) is 0 Å². The molecule has 2 atom stereocenters. The topological polar surface area (TPSA) is 69.5 Å². The van der Waals surface area contributed by atoms with E-state index in [-0.39, 0.29) is 5.91 Å². The zero-order valence-corrected chi connectivity index (χ0v) is 22.9. The van der Waals surface area contributed by atoms with E-state index in [1.165, 1.54) is 19.3 Å². The van der Waals surface area contributed by atoms with Crippen LogP contribution >= 0.6 is 0 Å². The van der Waals surface area contributed by atoms with Gasteiger partial charge in [0, 0.05) is 30.5 Å². The molecule has 2 unspecified atom stereocenters. The van der Waals surface area contributed by atoms with Gasteiger partial charge in [0.2, 0.25) is 0 Å². The molecule has 0 saturated heterocycles. The maximum atomic E-state index is 14.2. The molecule has 0 aromatic heterocycles. The molecule has 2 aliphatic carbocycles. The number of imidazole rings is 1. The average molecular weight is 505 g/mol. The van der Waals surface area contributed by atoms with Gasteiger partial charge >= 0.3 is 0 Å². The second-order valence-electron chi connectivity index (χ2n) is 11.2. The largest absolute Gasteiger partial charge is 0.496 e. The highest BCUT2D eigenvalue weighted by atomic mass is 16.5. The third kappa shape index (κ3) is 5.05. The van der Waals surface area contributed by atoms with Crippen LogP contribution in [0.1, 0.15) is 80.4 Å². The van der Waals surface area contributed by atoms with Gasteiger partial charge in [-0.05, 0) is 68.6 Å². The minimum atomic E-state index is 0.126. The molecule has 2 heterocycles. The summed E-state index contributed by atoms with van der Waals surface area (Å²) >= 11 is 0. The summed E-state index contributed by atoms with van der Waals surface area (Å²) in [5, 5.41) is 0. The fraction of sp³-hybridized carbons (Fsp3) is 0.567. The maximum absolute atomic E-state index is 14.2. The van der Waals surface area contributed by atoms with Crippen LogP contribution in [0.5, 0.6) is 11.5 Å². The van der Waals surface area contributed by atoms with Gasteiger partial charge in [-0.15, -0.1) is 0 Å². The minimum Gasteiger partial charge on any atom is -0.496 e. The van der Waals surface area contributed by atoms with Crippen molar-refractivity contribution in [2.45, 2.75) is 84.3 Å². The van der Waals surface area contributed by atoms with Gasteiger partial charge in [0.15, 0.2) is 5.75 Å². The van der Waals surface area contributed by atoms with Crippen LogP contribution in [0, 0.1) is 18.8 Å². The molecule has 37 heavy (non-hydrogen) atoms.